The van der Waals surface area contributed by atoms with Gasteiger partial charge in [0.1, 0.15) is 0 Å². The quantitative estimate of drug-likeness (QED) is 0.373. The first-order chi connectivity index (χ1) is 3.35. The van der Waals surface area contributed by atoms with E-state index in [1.54, 1.807) is 0 Å². The summed E-state index contributed by atoms with van der Waals surface area (Å²) in [6, 6.07) is 1.26. The Morgan fingerprint density at radius 1 is 1.43 bits per heavy atom. The van der Waals surface area contributed by atoms with Crippen LogP contribution in [0.25, 0.3) is 0 Å². The van der Waals surface area contributed by atoms with Crippen molar-refractivity contribution in [2.45, 2.75) is 6.04 Å². The van der Waals surface area contributed by atoms with Crippen molar-refractivity contribution in [2.75, 3.05) is 0 Å². The van der Waals surface area contributed by atoms with E-state index in [0.717, 1.165) is 0 Å². The molecular formula is C6H12Si. The van der Waals surface area contributed by atoms with Crippen molar-refractivity contribution in [1.82, 2.24) is 0 Å². The smallest absolute Gasteiger partial charge is 0.00394 e. The minimum atomic E-state index is 0.576. The summed E-state index contributed by atoms with van der Waals surface area (Å²) in [7, 11) is 1.25. The molecule has 0 aromatic heterocycles. The molecule has 0 aliphatic carbocycles. The normalized spacial score (nSPS) is 9.29. The standard InChI is InChI=1S/C6H12Si/c1-3-6(4-2)5-7/h3-4,6H,1-2,5H2,7H3. The molecule has 0 spiro atoms. The maximum Gasteiger partial charge on any atom is 0.00394 e. The van der Waals surface area contributed by atoms with E-state index in [2.05, 4.69) is 13.2 Å². The molecular weight excluding hydrogens is 100 g/mol. The highest BCUT2D eigenvalue weighted by Crippen LogP contribution is 2.00. The largest absolute Gasteiger partial charge is 0.103 e. The number of rotatable bonds is 3. The molecule has 0 heterocycles. The molecule has 0 aromatic rings. The van der Waals surface area contributed by atoms with Crippen LogP contribution >= 0.6 is 0 Å². The second kappa shape index (κ2) is 3.87. The molecule has 0 saturated carbocycles. The average molecular weight is 112 g/mol. The fraction of sp³-hybridized carbons (Fsp3) is 0.333. The van der Waals surface area contributed by atoms with Crippen LogP contribution < -0.4 is 0 Å². The third-order valence-corrected chi connectivity index (χ3v) is 2.02. The third kappa shape index (κ3) is 2.40. The molecule has 0 aliphatic rings. The molecule has 40 valence electrons. The monoisotopic (exact) mass is 112 g/mol. The van der Waals surface area contributed by atoms with Gasteiger partial charge in [-0.25, -0.2) is 0 Å². The molecule has 0 bridgehead atoms. The molecule has 0 amide bonds. The number of allylic oxidation sites excluding steroid dienone is 2. The first-order valence-corrected chi connectivity index (χ1v) is 4.01. The van der Waals surface area contributed by atoms with Crippen LogP contribution in [0.2, 0.25) is 6.04 Å². The lowest BCUT2D eigenvalue weighted by Gasteiger charge is -1.96. The van der Waals surface area contributed by atoms with Crippen LogP contribution in [0.4, 0.5) is 0 Å². The minimum absolute atomic E-state index is 0.576. The van der Waals surface area contributed by atoms with Gasteiger partial charge in [0.25, 0.3) is 0 Å². The molecule has 0 aromatic carbocycles. The van der Waals surface area contributed by atoms with Crippen LogP contribution in [0.1, 0.15) is 0 Å². The highest BCUT2D eigenvalue weighted by Gasteiger charge is 1.88. The van der Waals surface area contributed by atoms with Crippen molar-refractivity contribution in [1.29, 1.82) is 0 Å². The molecule has 0 atom stereocenters. The van der Waals surface area contributed by atoms with Gasteiger partial charge in [0, 0.05) is 10.2 Å². The molecule has 0 fully saturated rings. The predicted octanol–water partition coefficient (Wildman–Crippen LogP) is 0.758. The Labute approximate surface area is 48.4 Å². The molecule has 0 aliphatic heterocycles. The predicted molar refractivity (Wildman–Crippen MR) is 38.6 cm³/mol. The van der Waals surface area contributed by atoms with Gasteiger partial charge in [-0.1, -0.05) is 18.2 Å². The second-order valence-corrected chi connectivity index (χ2v) is 2.36. The topological polar surface area (TPSA) is 0 Å². The lowest BCUT2D eigenvalue weighted by atomic mass is 10.2. The first kappa shape index (κ1) is 6.70. The van der Waals surface area contributed by atoms with Crippen molar-refractivity contribution >= 4 is 10.2 Å². The summed E-state index contributed by atoms with van der Waals surface area (Å²) in [6.45, 7) is 7.31. The Morgan fingerprint density at radius 2 is 1.86 bits per heavy atom. The number of hydrogen-bond acceptors (Lipinski definition) is 0. The summed E-state index contributed by atoms with van der Waals surface area (Å²) in [6.07, 6.45) is 3.89. The van der Waals surface area contributed by atoms with Crippen molar-refractivity contribution in [3.8, 4) is 0 Å². The van der Waals surface area contributed by atoms with E-state index in [0.29, 0.717) is 5.92 Å². The van der Waals surface area contributed by atoms with Gasteiger partial charge in [0.05, 0.1) is 0 Å². The van der Waals surface area contributed by atoms with Gasteiger partial charge in [-0.2, -0.15) is 0 Å². The lowest BCUT2D eigenvalue weighted by molar-refractivity contribution is 0.944. The van der Waals surface area contributed by atoms with E-state index in [9.17, 15) is 0 Å². The van der Waals surface area contributed by atoms with E-state index in [1.807, 2.05) is 12.2 Å². The van der Waals surface area contributed by atoms with Gasteiger partial charge in [-0.3, -0.25) is 0 Å². The number of hydrogen-bond donors (Lipinski definition) is 0. The molecule has 0 saturated heterocycles. The molecule has 0 N–H and O–H groups in total. The first-order valence-electron chi connectivity index (χ1n) is 2.60. The fourth-order valence-corrected chi connectivity index (χ4v) is 1.10. The van der Waals surface area contributed by atoms with E-state index >= 15 is 0 Å². The summed E-state index contributed by atoms with van der Waals surface area (Å²) >= 11 is 0. The summed E-state index contributed by atoms with van der Waals surface area (Å²) in [5.41, 5.74) is 0. The van der Waals surface area contributed by atoms with Gasteiger partial charge in [0.15, 0.2) is 0 Å². The molecule has 0 nitrogen and oxygen atoms in total. The van der Waals surface area contributed by atoms with Crippen LogP contribution in [0.15, 0.2) is 25.3 Å². The SMILES string of the molecule is C=CC(C=C)C[SiH3]. The fourth-order valence-electron chi connectivity index (χ4n) is 0.430. The summed E-state index contributed by atoms with van der Waals surface area (Å²) in [5.74, 6) is 0.576. The zero-order chi connectivity index (χ0) is 5.70. The highest BCUT2D eigenvalue weighted by molar-refractivity contribution is 6.08. The van der Waals surface area contributed by atoms with Crippen molar-refractivity contribution in [2.24, 2.45) is 5.92 Å². The molecule has 0 radical (unpaired) electrons. The van der Waals surface area contributed by atoms with E-state index in [-0.39, 0.29) is 0 Å². The third-order valence-electron chi connectivity index (χ3n) is 1.08. The van der Waals surface area contributed by atoms with Crippen LogP contribution in [0.3, 0.4) is 0 Å². The zero-order valence-corrected chi connectivity index (χ0v) is 6.85. The second-order valence-electron chi connectivity index (χ2n) is 1.54. The van der Waals surface area contributed by atoms with Crippen LogP contribution in [-0.2, 0) is 0 Å². The van der Waals surface area contributed by atoms with Gasteiger partial charge < -0.3 is 0 Å². The van der Waals surface area contributed by atoms with Gasteiger partial charge in [-0.15, -0.1) is 13.2 Å². The van der Waals surface area contributed by atoms with E-state index in [4.69, 9.17) is 0 Å². The van der Waals surface area contributed by atoms with E-state index < -0.39 is 0 Å². The average Bonchev–Trinajstić information content (AvgIpc) is 1.72. The highest BCUT2D eigenvalue weighted by atomic mass is 28.1. The van der Waals surface area contributed by atoms with Crippen molar-refractivity contribution < 1.29 is 0 Å². The van der Waals surface area contributed by atoms with Crippen molar-refractivity contribution in [3.63, 3.8) is 0 Å². The van der Waals surface area contributed by atoms with Crippen LogP contribution in [-0.4, -0.2) is 10.2 Å². The van der Waals surface area contributed by atoms with Gasteiger partial charge >= 0.3 is 0 Å². The molecule has 7 heavy (non-hydrogen) atoms. The van der Waals surface area contributed by atoms with Crippen LogP contribution in [0.5, 0.6) is 0 Å². The lowest BCUT2D eigenvalue weighted by Crippen LogP contribution is -1.85. The maximum atomic E-state index is 3.65. The summed E-state index contributed by atoms with van der Waals surface area (Å²) in [4.78, 5) is 0. The zero-order valence-electron chi connectivity index (χ0n) is 4.85. The summed E-state index contributed by atoms with van der Waals surface area (Å²) < 4.78 is 0. The van der Waals surface area contributed by atoms with E-state index in [1.165, 1.54) is 16.3 Å². The Hall–Kier alpha value is -0.303. The van der Waals surface area contributed by atoms with Gasteiger partial charge in [-0.05, 0) is 5.92 Å². The van der Waals surface area contributed by atoms with Gasteiger partial charge in [0.2, 0.25) is 0 Å². The maximum absolute atomic E-state index is 3.65. The molecule has 0 rings (SSSR count). The Kier molecular flexibility index (Phi) is 3.70. The Balaban J connectivity index is 3.36. The van der Waals surface area contributed by atoms with Crippen molar-refractivity contribution in [3.05, 3.63) is 25.3 Å². The molecule has 0 unspecified atom stereocenters. The van der Waals surface area contributed by atoms with Crippen LogP contribution in [0, 0.1) is 5.92 Å². The summed E-state index contributed by atoms with van der Waals surface area (Å²) in [5, 5.41) is 0. The Morgan fingerprint density at radius 3 is 1.86 bits per heavy atom. The Bertz CT molecular complexity index is 58.6. The molecule has 1 heteroatoms. The minimum Gasteiger partial charge on any atom is -0.103 e.